The van der Waals surface area contributed by atoms with Crippen LogP contribution in [0.3, 0.4) is 0 Å². The Bertz CT molecular complexity index is 93.8. The zero-order valence-corrected chi connectivity index (χ0v) is 11.4. The second-order valence-corrected chi connectivity index (χ2v) is 8.50. The molecule has 0 aliphatic rings. The van der Waals surface area contributed by atoms with Crippen LogP contribution >= 0.6 is 7.92 Å². The summed E-state index contributed by atoms with van der Waals surface area (Å²) in [4.78, 5) is 0. The van der Waals surface area contributed by atoms with Crippen LogP contribution in [0.5, 0.6) is 0 Å². The Labute approximate surface area is 85.6 Å². The van der Waals surface area contributed by atoms with Crippen molar-refractivity contribution in [2.75, 3.05) is 32.7 Å². The molecule has 13 heavy (non-hydrogen) atoms. The number of hydrogen-bond donors (Lipinski definition) is 0. The maximum Gasteiger partial charge on any atom is 0.320 e. The summed E-state index contributed by atoms with van der Waals surface area (Å²) >= 11 is 0. The third kappa shape index (κ3) is 6.61. The summed E-state index contributed by atoms with van der Waals surface area (Å²) in [7, 11) is 2.58. The molecule has 0 radical (unpaired) electrons. The van der Waals surface area contributed by atoms with E-state index in [1.165, 1.54) is 31.0 Å². The van der Waals surface area contributed by atoms with Crippen molar-refractivity contribution < 1.29 is 8.85 Å². The van der Waals surface area contributed by atoms with E-state index in [1.807, 2.05) is 0 Å². The van der Waals surface area contributed by atoms with E-state index >= 15 is 0 Å². The van der Waals surface area contributed by atoms with Gasteiger partial charge in [0.15, 0.2) is 0 Å². The third-order valence-electron chi connectivity index (χ3n) is 2.33. The van der Waals surface area contributed by atoms with Crippen LogP contribution in [0.15, 0.2) is 0 Å². The van der Waals surface area contributed by atoms with E-state index in [9.17, 15) is 0 Å². The predicted molar refractivity (Wildman–Crippen MR) is 63.5 cm³/mol. The summed E-state index contributed by atoms with van der Waals surface area (Å²) in [5.41, 5.74) is 0. The van der Waals surface area contributed by atoms with Gasteiger partial charge in [-0.05, 0) is 31.0 Å². The van der Waals surface area contributed by atoms with Gasteiger partial charge in [0.05, 0.1) is 0 Å². The van der Waals surface area contributed by atoms with Crippen LogP contribution in [0.1, 0.15) is 20.3 Å². The van der Waals surface area contributed by atoms with Crippen molar-refractivity contribution in [3.63, 3.8) is 0 Å². The monoisotopic (exact) mass is 222 g/mol. The zero-order chi connectivity index (χ0) is 10.1. The van der Waals surface area contributed by atoms with E-state index in [-0.39, 0.29) is 0 Å². The van der Waals surface area contributed by atoms with Gasteiger partial charge in [0.25, 0.3) is 0 Å². The van der Waals surface area contributed by atoms with Gasteiger partial charge in [0.2, 0.25) is 0 Å². The predicted octanol–water partition coefficient (Wildman–Crippen LogP) is 2.41. The fraction of sp³-hybridized carbons (Fsp3) is 1.00. The molecule has 0 spiro atoms. The van der Waals surface area contributed by atoms with Crippen molar-refractivity contribution in [1.29, 1.82) is 0 Å². The number of hydrogen-bond acceptors (Lipinski definition) is 2. The highest BCUT2D eigenvalue weighted by Crippen LogP contribution is 2.35. The fourth-order valence-corrected chi connectivity index (χ4v) is 4.61. The Morgan fingerprint density at radius 3 is 2.00 bits per heavy atom. The molecule has 0 saturated heterocycles. The molecule has 80 valence electrons. The molecule has 0 N–H and O–H groups in total. The van der Waals surface area contributed by atoms with Gasteiger partial charge in [-0.1, -0.05) is 13.8 Å². The van der Waals surface area contributed by atoms with E-state index < -0.39 is 9.28 Å². The van der Waals surface area contributed by atoms with Crippen molar-refractivity contribution in [2.45, 2.75) is 26.3 Å². The van der Waals surface area contributed by atoms with Crippen molar-refractivity contribution in [1.82, 2.24) is 0 Å². The Hall–Kier alpha value is 0.567. The van der Waals surface area contributed by atoms with Crippen LogP contribution in [-0.4, -0.2) is 42.0 Å². The molecule has 0 saturated carbocycles. The quantitative estimate of drug-likeness (QED) is 0.464. The average Bonchev–Trinajstić information content (AvgIpc) is 2.19. The second-order valence-electron chi connectivity index (χ2n) is 3.07. The van der Waals surface area contributed by atoms with Gasteiger partial charge in [0.1, 0.15) is 0 Å². The maximum absolute atomic E-state index is 5.27. The summed E-state index contributed by atoms with van der Waals surface area (Å²) < 4.78 is 10.5. The Balaban J connectivity index is 3.41. The molecule has 0 amide bonds. The van der Waals surface area contributed by atoms with Gasteiger partial charge in [-0.15, -0.1) is 7.92 Å². The standard InChI is InChI=1S/C9H23O2PSi/c1-5-12(6-2)8-7-9-13(10-3)11-4/h13H,5-9H2,1-4H3. The summed E-state index contributed by atoms with van der Waals surface area (Å²) in [5.74, 6) is 0. The molecule has 0 fully saturated rings. The highest BCUT2D eigenvalue weighted by molar-refractivity contribution is 7.57. The van der Waals surface area contributed by atoms with Crippen LogP contribution in [0.2, 0.25) is 6.04 Å². The zero-order valence-electron chi connectivity index (χ0n) is 9.38. The molecule has 0 heterocycles. The molecule has 0 aromatic carbocycles. The van der Waals surface area contributed by atoms with Crippen LogP contribution in [0, 0.1) is 0 Å². The van der Waals surface area contributed by atoms with Gasteiger partial charge in [-0.25, -0.2) is 0 Å². The minimum Gasteiger partial charge on any atom is -0.400 e. The van der Waals surface area contributed by atoms with E-state index in [0.717, 1.165) is 0 Å². The molecule has 4 heteroatoms. The fourth-order valence-electron chi connectivity index (χ4n) is 1.35. The Kier molecular flexibility index (Phi) is 9.53. The van der Waals surface area contributed by atoms with Gasteiger partial charge < -0.3 is 8.85 Å². The molecular weight excluding hydrogens is 199 g/mol. The second kappa shape index (κ2) is 9.13. The first-order valence-electron chi connectivity index (χ1n) is 5.06. The van der Waals surface area contributed by atoms with E-state index in [0.29, 0.717) is 7.92 Å². The van der Waals surface area contributed by atoms with Crippen molar-refractivity contribution in [3.05, 3.63) is 0 Å². The smallest absolute Gasteiger partial charge is 0.320 e. The SMILES string of the molecule is CCP(CC)CCC[SiH](OC)OC. The lowest BCUT2D eigenvalue weighted by Gasteiger charge is -2.14. The highest BCUT2D eigenvalue weighted by Gasteiger charge is 2.10. The van der Waals surface area contributed by atoms with Crippen LogP contribution < -0.4 is 0 Å². The van der Waals surface area contributed by atoms with Gasteiger partial charge in [-0.3, -0.25) is 0 Å². The van der Waals surface area contributed by atoms with E-state index in [2.05, 4.69) is 13.8 Å². The first-order chi connectivity index (χ1) is 6.28. The summed E-state index contributed by atoms with van der Waals surface area (Å²) in [6.07, 6.45) is 5.44. The molecule has 0 rings (SSSR count). The molecule has 2 nitrogen and oxygen atoms in total. The summed E-state index contributed by atoms with van der Waals surface area (Å²) in [6.45, 7) is 4.60. The molecular formula is C9H23O2PSi. The molecule has 0 unspecified atom stereocenters. The lowest BCUT2D eigenvalue weighted by Crippen LogP contribution is -2.18. The van der Waals surface area contributed by atoms with Crippen molar-refractivity contribution in [3.8, 4) is 0 Å². The third-order valence-corrected chi connectivity index (χ3v) is 7.00. The van der Waals surface area contributed by atoms with Crippen LogP contribution in [0.4, 0.5) is 0 Å². The Morgan fingerprint density at radius 2 is 1.62 bits per heavy atom. The summed E-state index contributed by atoms with van der Waals surface area (Å²) in [5, 5.41) is 0. The highest BCUT2D eigenvalue weighted by atomic mass is 31.1. The molecule has 0 atom stereocenters. The van der Waals surface area contributed by atoms with Gasteiger partial charge >= 0.3 is 9.28 Å². The maximum atomic E-state index is 5.27. The van der Waals surface area contributed by atoms with Crippen LogP contribution in [-0.2, 0) is 8.85 Å². The summed E-state index contributed by atoms with van der Waals surface area (Å²) in [6, 6.07) is 1.17. The van der Waals surface area contributed by atoms with Gasteiger partial charge in [0, 0.05) is 14.2 Å². The lowest BCUT2D eigenvalue weighted by atomic mass is 10.6. The van der Waals surface area contributed by atoms with Crippen molar-refractivity contribution in [2.24, 2.45) is 0 Å². The van der Waals surface area contributed by atoms with E-state index in [1.54, 1.807) is 14.2 Å². The first-order valence-corrected chi connectivity index (χ1v) is 8.72. The van der Waals surface area contributed by atoms with E-state index in [4.69, 9.17) is 8.85 Å². The first kappa shape index (κ1) is 13.6. The lowest BCUT2D eigenvalue weighted by molar-refractivity contribution is 0.277. The Morgan fingerprint density at radius 1 is 1.08 bits per heavy atom. The molecule has 0 aliphatic carbocycles. The average molecular weight is 222 g/mol. The van der Waals surface area contributed by atoms with Gasteiger partial charge in [-0.2, -0.15) is 0 Å². The normalized spacial score (nSPS) is 11.5. The van der Waals surface area contributed by atoms with Crippen molar-refractivity contribution >= 4 is 17.2 Å². The molecule has 0 aromatic rings. The largest absolute Gasteiger partial charge is 0.400 e. The molecule has 0 bridgehead atoms. The number of rotatable bonds is 8. The molecule has 0 aliphatic heterocycles. The topological polar surface area (TPSA) is 18.5 Å². The molecule has 0 aromatic heterocycles. The van der Waals surface area contributed by atoms with Crippen LogP contribution in [0.25, 0.3) is 0 Å². The minimum absolute atomic E-state index is 0.314. The minimum atomic E-state index is -1.26.